The summed E-state index contributed by atoms with van der Waals surface area (Å²) in [5.74, 6) is -2.85. The lowest BCUT2D eigenvalue weighted by Gasteiger charge is -2.38. The molecule has 2 N–H and O–H groups in total. The van der Waals surface area contributed by atoms with Crippen LogP contribution >= 0.6 is 0 Å². The van der Waals surface area contributed by atoms with Gasteiger partial charge in [0.1, 0.15) is 11.4 Å². The predicted octanol–water partition coefficient (Wildman–Crippen LogP) is 0.850. The number of Topliss-reactive ketones (excluding diaryl/α,β-unsaturated/α-hetero) is 1. The predicted molar refractivity (Wildman–Crippen MR) is 81.9 cm³/mol. The van der Waals surface area contributed by atoms with E-state index in [4.69, 9.17) is 0 Å². The van der Waals surface area contributed by atoms with Crippen LogP contribution in [0, 0.1) is 5.92 Å². The summed E-state index contributed by atoms with van der Waals surface area (Å²) in [6.07, 6.45) is 3.02. The van der Waals surface area contributed by atoms with Crippen molar-refractivity contribution in [3.63, 3.8) is 0 Å². The molecule has 1 fully saturated rings. The number of allylic oxidation sites excluding steroid dienone is 3. The van der Waals surface area contributed by atoms with Gasteiger partial charge in [-0.3, -0.25) is 4.79 Å². The summed E-state index contributed by atoms with van der Waals surface area (Å²) in [7, 11) is 0. The zero-order valence-electron chi connectivity index (χ0n) is 13.0. The summed E-state index contributed by atoms with van der Waals surface area (Å²) in [4.78, 5) is 27.3. The molecule has 1 saturated heterocycles. The minimum atomic E-state index is -1.26. The maximum Gasteiger partial charge on any atom is 0.340 e. The number of hydrogen-bond acceptors (Lipinski definition) is 5. The van der Waals surface area contributed by atoms with Crippen LogP contribution in [0.1, 0.15) is 13.3 Å². The Morgan fingerprint density at radius 1 is 1.43 bits per heavy atom. The second-order valence-corrected chi connectivity index (χ2v) is 5.85. The van der Waals surface area contributed by atoms with Crippen molar-refractivity contribution in [2.24, 2.45) is 5.92 Å². The number of hydrogen-bond donors (Lipinski definition) is 2. The van der Waals surface area contributed by atoms with Gasteiger partial charge >= 0.3 is 5.97 Å². The van der Waals surface area contributed by atoms with E-state index >= 15 is 0 Å². The van der Waals surface area contributed by atoms with Gasteiger partial charge in [0.05, 0.1) is 11.6 Å². The standard InChI is InChI=1S/C16H20FN3O3/c1-2-19-9-11(16(22)23)15(21)10-7-12(17)14(8-13(10)19)20-5-3-18-4-6-20/h8-10,18H,2-7H2,1H3,(H,22,23). The van der Waals surface area contributed by atoms with Gasteiger partial charge < -0.3 is 20.2 Å². The maximum absolute atomic E-state index is 14.6. The molecule has 0 aromatic heterocycles. The van der Waals surface area contributed by atoms with Crippen LogP contribution in [-0.4, -0.2) is 59.4 Å². The average Bonchev–Trinajstić information content (AvgIpc) is 2.55. The van der Waals surface area contributed by atoms with Crippen molar-refractivity contribution in [3.05, 3.63) is 35.1 Å². The van der Waals surface area contributed by atoms with E-state index in [0.717, 1.165) is 13.1 Å². The number of halogens is 1. The third kappa shape index (κ3) is 2.76. The third-order valence-electron chi connectivity index (χ3n) is 4.53. The van der Waals surface area contributed by atoms with Gasteiger partial charge in [-0.15, -0.1) is 0 Å². The van der Waals surface area contributed by atoms with Crippen LogP contribution in [0.25, 0.3) is 0 Å². The van der Waals surface area contributed by atoms with Gasteiger partial charge in [0.2, 0.25) is 0 Å². The lowest BCUT2D eigenvalue weighted by atomic mass is 9.84. The molecule has 0 bridgehead atoms. The van der Waals surface area contributed by atoms with Crippen LogP contribution in [0.15, 0.2) is 35.1 Å². The average molecular weight is 321 g/mol. The molecule has 124 valence electrons. The first kappa shape index (κ1) is 15.7. The first-order chi connectivity index (χ1) is 11.0. The van der Waals surface area contributed by atoms with Crippen molar-refractivity contribution in [3.8, 4) is 0 Å². The van der Waals surface area contributed by atoms with Crippen LogP contribution in [0.5, 0.6) is 0 Å². The molecule has 23 heavy (non-hydrogen) atoms. The van der Waals surface area contributed by atoms with E-state index in [-0.39, 0.29) is 17.8 Å². The summed E-state index contributed by atoms with van der Waals surface area (Å²) in [6, 6.07) is 0. The van der Waals surface area contributed by atoms with Gasteiger partial charge in [-0.2, -0.15) is 0 Å². The molecule has 0 aromatic rings. The molecule has 0 aromatic carbocycles. The fourth-order valence-corrected chi connectivity index (χ4v) is 3.30. The Labute approximate surface area is 133 Å². The number of nitrogens with zero attached hydrogens (tertiary/aromatic N) is 2. The molecule has 1 aliphatic carbocycles. The summed E-state index contributed by atoms with van der Waals surface area (Å²) < 4.78 is 14.6. The number of piperazine rings is 1. The lowest BCUT2D eigenvalue weighted by molar-refractivity contribution is -0.135. The van der Waals surface area contributed by atoms with E-state index < -0.39 is 17.7 Å². The Morgan fingerprint density at radius 2 is 2.13 bits per heavy atom. The number of nitrogens with one attached hydrogen (secondary N) is 1. The van der Waals surface area contributed by atoms with Crippen molar-refractivity contribution in [2.45, 2.75) is 13.3 Å². The highest BCUT2D eigenvalue weighted by atomic mass is 19.1. The zero-order chi connectivity index (χ0) is 16.6. The number of carbonyl (C=O) groups excluding carboxylic acids is 1. The Morgan fingerprint density at radius 3 is 2.74 bits per heavy atom. The molecule has 7 heteroatoms. The second-order valence-electron chi connectivity index (χ2n) is 5.85. The summed E-state index contributed by atoms with van der Waals surface area (Å²) in [6.45, 7) is 5.43. The fourth-order valence-electron chi connectivity index (χ4n) is 3.30. The number of ketones is 1. The van der Waals surface area contributed by atoms with Crippen LogP contribution in [0.2, 0.25) is 0 Å². The Hall–Kier alpha value is -2.15. The summed E-state index contributed by atoms with van der Waals surface area (Å²) >= 11 is 0. The van der Waals surface area contributed by atoms with Crippen LogP contribution in [-0.2, 0) is 9.59 Å². The highest BCUT2D eigenvalue weighted by Crippen LogP contribution is 2.38. The van der Waals surface area contributed by atoms with E-state index in [0.29, 0.717) is 31.0 Å². The number of carbonyl (C=O) groups is 2. The van der Waals surface area contributed by atoms with E-state index in [9.17, 15) is 19.1 Å². The van der Waals surface area contributed by atoms with Gasteiger partial charge in [-0.25, -0.2) is 9.18 Å². The van der Waals surface area contributed by atoms with Gasteiger partial charge in [-0.05, 0) is 13.0 Å². The van der Waals surface area contributed by atoms with E-state index in [1.807, 2.05) is 11.8 Å². The molecule has 0 saturated carbocycles. The Bertz CT molecular complexity index is 632. The Balaban J connectivity index is 1.97. The molecular formula is C16H20FN3O3. The molecule has 1 unspecified atom stereocenters. The van der Waals surface area contributed by atoms with E-state index in [1.165, 1.54) is 6.20 Å². The number of aliphatic carboxylic acids is 1. The van der Waals surface area contributed by atoms with Crippen LogP contribution in [0.3, 0.4) is 0 Å². The summed E-state index contributed by atoms with van der Waals surface area (Å²) in [5.41, 5.74) is 0.945. The third-order valence-corrected chi connectivity index (χ3v) is 4.53. The normalized spacial score (nSPS) is 25.1. The maximum atomic E-state index is 14.6. The van der Waals surface area contributed by atoms with Gasteiger partial charge in [-0.1, -0.05) is 0 Å². The van der Waals surface area contributed by atoms with Gasteiger partial charge in [0, 0.05) is 51.0 Å². The molecule has 2 aliphatic heterocycles. The van der Waals surface area contributed by atoms with Crippen molar-refractivity contribution >= 4 is 11.8 Å². The zero-order valence-corrected chi connectivity index (χ0v) is 13.0. The molecular weight excluding hydrogens is 301 g/mol. The molecule has 3 aliphatic rings. The fraction of sp³-hybridized carbons (Fsp3) is 0.500. The monoisotopic (exact) mass is 321 g/mol. The molecule has 0 amide bonds. The molecule has 1 atom stereocenters. The van der Waals surface area contributed by atoms with E-state index in [2.05, 4.69) is 5.32 Å². The molecule has 6 nitrogen and oxygen atoms in total. The quantitative estimate of drug-likeness (QED) is 0.751. The highest BCUT2D eigenvalue weighted by Gasteiger charge is 2.39. The van der Waals surface area contributed by atoms with Gasteiger partial charge in [0.25, 0.3) is 0 Å². The van der Waals surface area contributed by atoms with Crippen LogP contribution in [0.4, 0.5) is 4.39 Å². The van der Waals surface area contributed by atoms with Gasteiger partial charge in [0.15, 0.2) is 5.78 Å². The second kappa shape index (κ2) is 6.16. The number of carboxylic acid groups (broad SMARTS) is 1. The van der Waals surface area contributed by atoms with Crippen molar-refractivity contribution in [2.75, 3.05) is 32.7 Å². The molecule has 0 spiro atoms. The van der Waals surface area contributed by atoms with E-state index in [1.54, 1.807) is 11.0 Å². The Kier molecular flexibility index (Phi) is 4.21. The number of fused-ring (bicyclic) bond motifs is 1. The SMILES string of the molecule is CCN1C=C(C(=O)O)C(=O)C2CC(F)=C(N3CCNCC3)C=C21. The number of carboxylic acids is 1. The minimum absolute atomic E-state index is 0.0644. The van der Waals surface area contributed by atoms with Crippen molar-refractivity contribution < 1.29 is 19.1 Å². The van der Waals surface area contributed by atoms with Crippen LogP contribution < -0.4 is 5.32 Å². The first-order valence-electron chi connectivity index (χ1n) is 7.84. The largest absolute Gasteiger partial charge is 0.478 e. The smallest absolute Gasteiger partial charge is 0.340 e. The topological polar surface area (TPSA) is 72.9 Å². The summed E-state index contributed by atoms with van der Waals surface area (Å²) in [5, 5.41) is 12.4. The van der Waals surface area contributed by atoms with Crippen molar-refractivity contribution in [1.29, 1.82) is 0 Å². The molecule has 3 rings (SSSR count). The van der Waals surface area contributed by atoms with Crippen molar-refractivity contribution in [1.82, 2.24) is 15.1 Å². The molecule has 0 radical (unpaired) electrons. The minimum Gasteiger partial charge on any atom is -0.478 e. The molecule has 2 heterocycles. The lowest BCUT2D eigenvalue weighted by Crippen LogP contribution is -2.44. The number of rotatable bonds is 3. The first-order valence-corrected chi connectivity index (χ1v) is 7.84. The highest BCUT2D eigenvalue weighted by molar-refractivity contribution is 6.18.